The first-order valence-corrected chi connectivity index (χ1v) is 22.1. The standard InChI is InChI=1S/C61H44N2O/c1-61(2)55-26-13-12-23-51(55)54-40-50(36-37-56(54)61)62(48-32-28-42(29-33-48)41-16-6-3-7-17-41)49-34-30-43(31-35-49)45-38-44-18-14-24-52-53-25-15-27-57(60(53)64-58(39-45)59(44)52)63(46-19-8-4-9-20-46)47-21-10-5-11-22-47/h3-40H,1-2H3. The Morgan fingerprint density at radius 2 is 0.859 bits per heavy atom. The third kappa shape index (κ3) is 6.20. The van der Waals surface area contributed by atoms with E-state index < -0.39 is 0 Å². The van der Waals surface area contributed by atoms with Crippen LogP contribution in [-0.4, -0.2) is 0 Å². The van der Waals surface area contributed by atoms with Crippen LogP contribution >= 0.6 is 0 Å². The fraction of sp³-hybridized carbons (Fsp3) is 0.0492. The largest absolute Gasteiger partial charge is 0.454 e. The van der Waals surface area contributed by atoms with Gasteiger partial charge < -0.3 is 14.5 Å². The number of benzene rings is 10. The molecule has 0 aromatic heterocycles. The first kappa shape index (κ1) is 37.6. The molecule has 64 heavy (non-hydrogen) atoms. The van der Waals surface area contributed by atoms with Crippen LogP contribution < -0.4 is 14.5 Å². The monoisotopic (exact) mass is 820 g/mol. The molecule has 0 atom stereocenters. The zero-order chi connectivity index (χ0) is 42.8. The van der Waals surface area contributed by atoms with Crippen molar-refractivity contribution in [2.75, 3.05) is 9.80 Å². The minimum Gasteiger partial charge on any atom is -0.454 e. The summed E-state index contributed by atoms with van der Waals surface area (Å²) in [5, 5.41) is 2.28. The summed E-state index contributed by atoms with van der Waals surface area (Å²) in [6.45, 7) is 4.68. The second-order valence-electron chi connectivity index (χ2n) is 17.3. The highest BCUT2D eigenvalue weighted by Gasteiger charge is 2.35. The van der Waals surface area contributed by atoms with Gasteiger partial charge in [0.05, 0.1) is 5.69 Å². The third-order valence-electron chi connectivity index (χ3n) is 13.2. The summed E-state index contributed by atoms with van der Waals surface area (Å²) in [5.41, 5.74) is 18.6. The van der Waals surface area contributed by atoms with E-state index in [1.165, 1.54) is 38.9 Å². The predicted octanol–water partition coefficient (Wildman–Crippen LogP) is 17.2. The summed E-state index contributed by atoms with van der Waals surface area (Å²) in [6, 6.07) is 83.1. The molecule has 304 valence electrons. The van der Waals surface area contributed by atoms with Gasteiger partial charge in [-0.15, -0.1) is 0 Å². The first-order chi connectivity index (χ1) is 31.5. The van der Waals surface area contributed by atoms with Gasteiger partial charge in [0.25, 0.3) is 0 Å². The Bertz CT molecular complexity index is 3320. The average Bonchev–Trinajstić information content (AvgIpc) is 3.58. The van der Waals surface area contributed by atoms with Gasteiger partial charge in [-0.2, -0.15) is 0 Å². The van der Waals surface area contributed by atoms with Gasteiger partial charge >= 0.3 is 0 Å². The van der Waals surface area contributed by atoms with E-state index in [-0.39, 0.29) is 5.41 Å². The van der Waals surface area contributed by atoms with Crippen LogP contribution in [0.1, 0.15) is 25.0 Å². The van der Waals surface area contributed by atoms with Crippen molar-refractivity contribution in [3.05, 3.63) is 242 Å². The quantitative estimate of drug-likeness (QED) is 0.152. The summed E-state index contributed by atoms with van der Waals surface area (Å²) in [5.74, 6) is 1.70. The van der Waals surface area contributed by atoms with Crippen molar-refractivity contribution >= 4 is 44.9 Å². The number of ether oxygens (including phenoxy) is 1. The van der Waals surface area contributed by atoms with E-state index in [0.717, 1.165) is 73.1 Å². The maximum atomic E-state index is 7.11. The zero-order valence-corrected chi connectivity index (χ0v) is 35.7. The number of para-hydroxylation sites is 3. The van der Waals surface area contributed by atoms with Crippen LogP contribution in [0.5, 0.6) is 11.5 Å². The minimum absolute atomic E-state index is 0.0647. The maximum absolute atomic E-state index is 7.11. The highest BCUT2D eigenvalue weighted by molar-refractivity contribution is 6.07. The lowest BCUT2D eigenvalue weighted by Gasteiger charge is -2.30. The fourth-order valence-corrected chi connectivity index (χ4v) is 10.1. The minimum atomic E-state index is -0.0647. The lowest BCUT2D eigenvalue weighted by atomic mass is 9.82. The maximum Gasteiger partial charge on any atom is 0.159 e. The highest BCUT2D eigenvalue weighted by Crippen LogP contribution is 2.54. The zero-order valence-electron chi connectivity index (χ0n) is 35.7. The molecule has 0 radical (unpaired) electrons. The van der Waals surface area contributed by atoms with Gasteiger partial charge in [0, 0.05) is 44.8 Å². The van der Waals surface area contributed by atoms with Crippen molar-refractivity contribution in [3.63, 3.8) is 0 Å². The van der Waals surface area contributed by atoms with Gasteiger partial charge in [-0.3, -0.25) is 0 Å². The molecule has 1 aliphatic carbocycles. The summed E-state index contributed by atoms with van der Waals surface area (Å²) in [6.07, 6.45) is 0. The molecule has 1 heterocycles. The average molecular weight is 821 g/mol. The summed E-state index contributed by atoms with van der Waals surface area (Å²) in [7, 11) is 0. The van der Waals surface area contributed by atoms with Crippen molar-refractivity contribution < 1.29 is 4.74 Å². The Morgan fingerprint density at radius 3 is 1.55 bits per heavy atom. The molecule has 0 saturated carbocycles. The molecule has 0 N–H and O–H groups in total. The van der Waals surface area contributed by atoms with Crippen LogP contribution in [0.4, 0.5) is 34.1 Å². The number of nitrogens with zero attached hydrogens (tertiary/aromatic N) is 2. The second-order valence-corrected chi connectivity index (χ2v) is 17.3. The van der Waals surface area contributed by atoms with Crippen molar-refractivity contribution in [2.45, 2.75) is 19.3 Å². The Morgan fingerprint density at radius 1 is 0.344 bits per heavy atom. The van der Waals surface area contributed by atoms with E-state index in [4.69, 9.17) is 4.74 Å². The lowest BCUT2D eigenvalue weighted by molar-refractivity contribution is 0.488. The highest BCUT2D eigenvalue weighted by atomic mass is 16.5. The van der Waals surface area contributed by atoms with Gasteiger partial charge in [-0.05, 0) is 134 Å². The number of fused-ring (bicyclic) bond motifs is 5. The second kappa shape index (κ2) is 15.0. The van der Waals surface area contributed by atoms with Crippen LogP contribution in [0, 0.1) is 0 Å². The van der Waals surface area contributed by atoms with E-state index >= 15 is 0 Å². The molecule has 0 bridgehead atoms. The topological polar surface area (TPSA) is 15.7 Å². The van der Waals surface area contributed by atoms with Crippen LogP contribution in [0.2, 0.25) is 0 Å². The normalized spacial score (nSPS) is 12.8. The fourth-order valence-electron chi connectivity index (χ4n) is 10.1. The smallest absolute Gasteiger partial charge is 0.159 e. The molecule has 12 rings (SSSR count). The molecule has 0 spiro atoms. The Labute approximate surface area is 374 Å². The molecule has 0 unspecified atom stereocenters. The summed E-state index contributed by atoms with van der Waals surface area (Å²) < 4.78 is 7.11. The van der Waals surface area contributed by atoms with Crippen molar-refractivity contribution in [2.24, 2.45) is 0 Å². The molecular formula is C61H44N2O. The van der Waals surface area contributed by atoms with Gasteiger partial charge in [0.2, 0.25) is 0 Å². The summed E-state index contributed by atoms with van der Waals surface area (Å²) in [4.78, 5) is 4.67. The molecule has 10 aromatic rings. The van der Waals surface area contributed by atoms with Crippen LogP contribution in [0.3, 0.4) is 0 Å². The molecule has 3 heteroatoms. The van der Waals surface area contributed by atoms with Gasteiger partial charge in [0.15, 0.2) is 5.75 Å². The van der Waals surface area contributed by atoms with Gasteiger partial charge in [-0.25, -0.2) is 0 Å². The van der Waals surface area contributed by atoms with E-state index in [1.54, 1.807) is 0 Å². The molecule has 10 aromatic carbocycles. The molecule has 0 amide bonds. The van der Waals surface area contributed by atoms with Crippen LogP contribution in [0.15, 0.2) is 231 Å². The van der Waals surface area contributed by atoms with E-state index in [9.17, 15) is 0 Å². The first-order valence-electron chi connectivity index (χ1n) is 22.1. The lowest BCUT2D eigenvalue weighted by Crippen LogP contribution is -2.15. The Kier molecular flexibility index (Phi) is 8.84. The van der Waals surface area contributed by atoms with Crippen molar-refractivity contribution in [1.29, 1.82) is 0 Å². The van der Waals surface area contributed by atoms with Gasteiger partial charge in [0.1, 0.15) is 5.75 Å². The van der Waals surface area contributed by atoms with Crippen molar-refractivity contribution in [3.8, 4) is 56.0 Å². The van der Waals surface area contributed by atoms with E-state index in [0.29, 0.717) is 0 Å². The predicted molar refractivity (Wildman–Crippen MR) is 267 cm³/mol. The SMILES string of the molecule is CC1(C)c2ccccc2-c2cc(N(c3ccc(-c4ccccc4)cc3)c3ccc(-c4cc5c6c(cccc6c4)-c4cccc(N(c6ccccc6)c6ccccc6)c4O5)cc3)ccc21. The van der Waals surface area contributed by atoms with Crippen LogP contribution in [0.25, 0.3) is 55.3 Å². The van der Waals surface area contributed by atoms with E-state index in [2.05, 4.69) is 254 Å². The van der Waals surface area contributed by atoms with Gasteiger partial charge in [-0.1, -0.05) is 166 Å². The van der Waals surface area contributed by atoms with Crippen molar-refractivity contribution in [1.82, 2.24) is 0 Å². The summed E-state index contributed by atoms with van der Waals surface area (Å²) >= 11 is 0. The number of hydrogen-bond donors (Lipinski definition) is 0. The van der Waals surface area contributed by atoms with Crippen LogP contribution in [-0.2, 0) is 5.41 Å². The molecule has 1 aliphatic heterocycles. The molecule has 0 saturated heterocycles. The molecule has 3 nitrogen and oxygen atoms in total. The number of rotatable bonds is 8. The number of anilines is 6. The molecular weight excluding hydrogens is 777 g/mol. The Hall–Kier alpha value is -8.14. The number of hydrogen-bond acceptors (Lipinski definition) is 3. The molecule has 2 aliphatic rings. The third-order valence-corrected chi connectivity index (χ3v) is 13.2. The molecule has 0 fully saturated rings. The van der Waals surface area contributed by atoms with E-state index in [1.807, 2.05) is 0 Å². The Balaban J connectivity index is 0.946.